The van der Waals surface area contributed by atoms with Gasteiger partial charge in [0.1, 0.15) is 23.7 Å². The van der Waals surface area contributed by atoms with Gasteiger partial charge in [-0.15, -0.1) is 0 Å². The highest BCUT2D eigenvalue weighted by atomic mass is 16.5. The van der Waals surface area contributed by atoms with E-state index in [4.69, 9.17) is 9.26 Å². The molecule has 2 heterocycles. The summed E-state index contributed by atoms with van der Waals surface area (Å²) in [6.45, 7) is 4.42. The van der Waals surface area contributed by atoms with Crippen LogP contribution in [-0.4, -0.2) is 39.4 Å². The van der Waals surface area contributed by atoms with Crippen LogP contribution in [0, 0.1) is 6.92 Å². The molecule has 0 unspecified atom stereocenters. The van der Waals surface area contributed by atoms with Crippen LogP contribution in [-0.2, 0) is 17.9 Å². The predicted octanol–water partition coefficient (Wildman–Crippen LogP) is 3.42. The third-order valence-electron chi connectivity index (χ3n) is 5.36. The zero-order chi connectivity index (χ0) is 22.7. The van der Waals surface area contributed by atoms with Crippen molar-refractivity contribution in [3.05, 3.63) is 76.3 Å². The van der Waals surface area contributed by atoms with Crippen molar-refractivity contribution < 1.29 is 14.1 Å². The van der Waals surface area contributed by atoms with Crippen LogP contribution in [0.4, 0.5) is 0 Å². The van der Waals surface area contributed by atoms with Gasteiger partial charge in [-0.25, -0.2) is 4.68 Å². The van der Waals surface area contributed by atoms with Crippen molar-refractivity contribution in [2.75, 3.05) is 13.7 Å². The van der Waals surface area contributed by atoms with E-state index in [1.54, 1.807) is 18.9 Å². The Bertz CT molecular complexity index is 1290. The number of likely N-dealkylation sites (N-methyl/N-ethyl adjacent to an activating group) is 1. The molecule has 0 N–H and O–H groups in total. The number of ether oxygens (including phenoxy) is 1. The minimum absolute atomic E-state index is 0.155. The van der Waals surface area contributed by atoms with Crippen molar-refractivity contribution in [1.82, 2.24) is 19.8 Å². The number of amides is 1. The van der Waals surface area contributed by atoms with Gasteiger partial charge in [0.05, 0.1) is 12.5 Å². The summed E-state index contributed by atoms with van der Waals surface area (Å²) in [7, 11) is 1.59. The Morgan fingerprint density at radius 3 is 2.50 bits per heavy atom. The highest BCUT2D eigenvalue weighted by Gasteiger charge is 2.21. The molecule has 1 amide bonds. The lowest BCUT2D eigenvalue weighted by molar-refractivity contribution is -0.132. The fraction of sp³-hybridized carbons (Fsp3) is 0.250. The number of nitrogens with zero attached hydrogens (tertiary/aromatic N) is 4. The third kappa shape index (κ3) is 4.12. The van der Waals surface area contributed by atoms with E-state index in [1.807, 2.05) is 61.5 Å². The summed E-state index contributed by atoms with van der Waals surface area (Å²) in [5.41, 5.74) is 2.00. The van der Waals surface area contributed by atoms with Gasteiger partial charge in [-0.3, -0.25) is 9.59 Å². The van der Waals surface area contributed by atoms with Gasteiger partial charge in [-0.2, -0.15) is 5.10 Å². The molecule has 8 nitrogen and oxygen atoms in total. The van der Waals surface area contributed by atoms with Crippen LogP contribution in [0.2, 0.25) is 0 Å². The number of aromatic nitrogens is 3. The zero-order valence-electron chi connectivity index (χ0n) is 18.2. The van der Waals surface area contributed by atoms with Gasteiger partial charge in [0, 0.05) is 18.7 Å². The van der Waals surface area contributed by atoms with E-state index in [0.717, 1.165) is 11.1 Å². The number of hydrogen-bond acceptors (Lipinski definition) is 6. The van der Waals surface area contributed by atoms with Gasteiger partial charge in [0.2, 0.25) is 5.91 Å². The average Bonchev–Trinajstić information content (AvgIpc) is 3.22. The molecular weight excluding hydrogens is 408 g/mol. The smallest absolute Gasteiger partial charge is 0.297 e. The van der Waals surface area contributed by atoms with Crippen LogP contribution in [0.25, 0.3) is 22.2 Å². The molecule has 0 fully saturated rings. The Morgan fingerprint density at radius 2 is 1.84 bits per heavy atom. The maximum Gasteiger partial charge on any atom is 0.297 e. The van der Waals surface area contributed by atoms with E-state index in [2.05, 4.69) is 10.3 Å². The number of rotatable bonds is 7. The fourth-order valence-electron chi connectivity index (χ4n) is 3.60. The molecular formula is C24H24N4O4. The molecule has 0 aliphatic heterocycles. The summed E-state index contributed by atoms with van der Waals surface area (Å²) in [6.07, 6.45) is 0. The number of methoxy groups -OCH3 is 1. The Hall–Kier alpha value is -3.94. The third-order valence-corrected chi connectivity index (χ3v) is 5.36. The molecule has 2 aromatic heterocycles. The molecule has 32 heavy (non-hydrogen) atoms. The molecule has 0 saturated carbocycles. The number of benzene rings is 2. The minimum atomic E-state index is -0.460. The van der Waals surface area contributed by atoms with Gasteiger partial charge in [-0.1, -0.05) is 35.5 Å². The standard InChI is InChI=1S/C24H24N4O4/c1-4-27(14-17-8-6-5-7-9-17)20(29)15-28-24(30)23-21(16(2)32-26-23)22(25-28)18-10-12-19(31-3)13-11-18/h5-13H,4,14-15H2,1-3H3. The molecule has 0 spiro atoms. The normalized spacial score (nSPS) is 11.0. The van der Waals surface area contributed by atoms with Gasteiger partial charge >= 0.3 is 0 Å². The van der Waals surface area contributed by atoms with Crippen molar-refractivity contribution in [2.24, 2.45) is 0 Å². The van der Waals surface area contributed by atoms with Crippen molar-refractivity contribution in [3.8, 4) is 17.0 Å². The van der Waals surface area contributed by atoms with Crippen molar-refractivity contribution >= 4 is 16.8 Å². The number of aryl methyl sites for hydroxylation is 1. The van der Waals surface area contributed by atoms with Crippen LogP contribution in [0.1, 0.15) is 18.2 Å². The van der Waals surface area contributed by atoms with Crippen LogP contribution < -0.4 is 10.3 Å². The molecule has 8 heteroatoms. The van der Waals surface area contributed by atoms with Crippen LogP contribution in [0.5, 0.6) is 5.75 Å². The second-order valence-electron chi connectivity index (χ2n) is 7.40. The van der Waals surface area contributed by atoms with E-state index < -0.39 is 5.56 Å². The summed E-state index contributed by atoms with van der Waals surface area (Å²) < 4.78 is 11.7. The first-order chi connectivity index (χ1) is 15.5. The van der Waals surface area contributed by atoms with Crippen LogP contribution in [0.15, 0.2) is 63.9 Å². The summed E-state index contributed by atoms with van der Waals surface area (Å²) in [5.74, 6) is 0.995. The van der Waals surface area contributed by atoms with Crippen LogP contribution in [0.3, 0.4) is 0 Å². The first-order valence-electron chi connectivity index (χ1n) is 10.3. The first kappa shape index (κ1) is 21.3. The highest BCUT2D eigenvalue weighted by molar-refractivity contribution is 5.93. The van der Waals surface area contributed by atoms with E-state index in [9.17, 15) is 9.59 Å². The van der Waals surface area contributed by atoms with E-state index >= 15 is 0 Å². The first-order valence-corrected chi connectivity index (χ1v) is 10.3. The zero-order valence-corrected chi connectivity index (χ0v) is 18.2. The highest BCUT2D eigenvalue weighted by Crippen LogP contribution is 2.28. The van der Waals surface area contributed by atoms with E-state index in [-0.39, 0.29) is 18.0 Å². The Labute approximate surface area is 185 Å². The number of fused-ring (bicyclic) bond motifs is 1. The second-order valence-corrected chi connectivity index (χ2v) is 7.40. The molecule has 0 radical (unpaired) electrons. The van der Waals surface area contributed by atoms with Crippen LogP contribution >= 0.6 is 0 Å². The molecule has 0 aliphatic rings. The van der Waals surface area contributed by atoms with Gasteiger partial charge in [0.15, 0.2) is 5.52 Å². The number of carbonyl (C=O) groups excluding carboxylic acids is 1. The molecule has 0 atom stereocenters. The van der Waals surface area contributed by atoms with Gasteiger partial charge in [-0.05, 0) is 43.7 Å². The van der Waals surface area contributed by atoms with Crippen molar-refractivity contribution in [3.63, 3.8) is 0 Å². The molecule has 0 saturated heterocycles. The minimum Gasteiger partial charge on any atom is -0.497 e. The SMILES string of the molecule is CCN(Cc1ccccc1)C(=O)Cn1nc(-c2ccc(OC)cc2)c2c(C)onc2c1=O. The molecule has 2 aromatic carbocycles. The maximum absolute atomic E-state index is 13.0. The molecule has 164 valence electrons. The predicted molar refractivity (Wildman–Crippen MR) is 120 cm³/mol. The summed E-state index contributed by atoms with van der Waals surface area (Å²) in [4.78, 5) is 27.7. The van der Waals surface area contributed by atoms with Gasteiger partial charge in [0.25, 0.3) is 5.56 Å². The molecule has 4 rings (SSSR count). The lowest BCUT2D eigenvalue weighted by Crippen LogP contribution is -2.37. The Morgan fingerprint density at radius 1 is 1.12 bits per heavy atom. The topological polar surface area (TPSA) is 90.5 Å². The summed E-state index contributed by atoms with van der Waals surface area (Å²) in [6, 6.07) is 17.0. The van der Waals surface area contributed by atoms with Crippen molar-refractivity contribution in [1.29, 1.82) is 0 Å². The second kappa shape index (κ2) is 9.05. The lowest BCUT2D eigenvalue weighted by Gasteiger charge is -2.21. The largest absolute Gasteiger partial charge is 0.497 e. The van der Waals surface area contributed by atoms with Crippen molar-refractivity contribution in [2.45, 2.75) is 26.9 Å². The number of hydrogen-bond donors (Lipinski definition) is 0. The molecule has 0 bridgehead atoms. The summed E-state index contributed by atoms with van der Waals surface area (Å²) in [5, 5.41) is 9.02. The monoisotopic (exact) mass is 432 g/mol. The average molecular weight is 432 g/mol. The fourth-order valence-corrected chi connectivity index (χ4v) is 3.60. The summed E-state index contributed by atoms with van der Waals surface area (Å²) >= 11 is 0. The van der Waals surface area contributed by atoms with E-state index in [1.165, 1.54) is 4.68 Å². The molecule has 4 aromatic rings. The molecule has 0 aliphatic carbocycles. The van der Waals surface area contributed by atoms with Gasteiger partial charge < -0.3 is 14.2 Å². The Kier molecular flexibility index (Phi) is 6.02. The Balaban J connectivity index is 1.71. The maximum atomic E-state index is 13.0. The quantitative estimate of drug-likeness (QED) is 0.445. The lowest BCUT2D eigenvalue weighted by atomic mass is 10.1. The number of carbonyl (C=O) groups is 1. The van der Waals surface area contributed by atoms with E-state index in [0.29, 0.717) is 35.7 Å².